The number of amidine groups is 1. The molecule has 0 radical (unpaired) electrons. The summed E-state index contributed by atoms with van der Waals surface area (Å²) in [4.78, 5) is 5.32. The van der Waals surface area contributed by atoms with Crippen LogP contribution in [0.25, 0.3) is 0 Å². The summed E-state index contributed by atoms with van der Waals surface area (Å²) < 4.78 is 1.96. The van der Waals surface area contributed by atoms with Gasteiger partial charge in [0, 0.05) is 29.9 Å². The van der Waals surface area contributed by atoms with Crippen molar-refractivity contribution in [1.29, 1.82) is 0 Å². The van der Waals surface area contributed by atoms with E-state index in [-0.39, 0.29) is 5.84 Å². The van der Waals surface area contributed by atoms with Crippen molar-refractivity contribution in [3.63, 3.8) is 0 Å². The van der Waals surface area contributed by atoms with Crippen LogP contribution in [-0.4, -0.2) is 20.6 Å². The fourth-order valence-electron chi connectivity index (χ4n) is 1.60. The summed E-state index contributed by atoms with van der Waals surface area (Å²) in [6, 6.07) is 5.77. The lowest BCUT2D eigenvalue weighted by molar-refractivity contribution is 0.318. The van der Waals surface area contributed by atoms with Gasteiger partial charge in [-0.3, -0.25) is 0 Å². The van der Waals surface area contributed by atoms with Crippen LogP contribution in [0.1, 0.15) is 11.1 Å². The molecule has 0 saturated heterocycles. The molecule has 94 valence electrons. The van der Waals surface area contributed by atoms with Crippen molar-refractivity contribution >= 4 is 17.6 Å². The number of benzene rings is 1. The third-order valence-electron chi connectivity index (χ3n) is 2.57. The highest BCUT2D eigenvalue weighted by molar-refractivity contribution is 7.99. The molecule has 0 amide bonds. The standard InChI is InChI=1S/C12H14N4OS/c1-8-7-9(3-4-10(8)11(13)15-17)18-12-14-5-6-16(12)2/h3-7,17H,1-2H3,(H2,13,15). The molecular weight excluding hydrogens is 248 g/mol. The van der Waals surface area contributed by atoms with Gasteiger partial charge in [-0.05, 0) is 30.7 Å². The van der Waals surface area contributed by atoms with Crippen molar-refractivity contribution in [2.24, 2.45) is 17.9 Å². The van der Waals surface area contributed by atoms with Crippen LogP contribution >= 0.6 is 11.8 Å². The van der Waals surface area contributed by atoms with Crippen LogP contribution in [0.3, 0.4) is 0 Å². The lowest BCUT2D eigenvalue weighted by atomic mass is 10.1. The van der Waals surface area contributed by atoms with E-state index in [1.54, 1.807) is 18.0 Å². The molecule has 1 heterocycles. The molecule has 2 rings (SSSR count). The molecule has 0 aliphatic heterocycles. The van der Waals surface area contributed by atoms with Crippen LogP contribution in [-0.2, 0) is 7.05 Å². The predicted molar refractivity (Wildman–Crippen MR) is 71.0 cm³/mol. The molecular formula is C12H14N4OS. The summed E-state index contributed by atoms with van der Waals surface area (Å²) in [5, 5.41) is 12.6. The molecule has 0 saturated carbocycles. The number of aromatic nitrogens is 2. The molecule has 0 aliphatic rings. The zero-order valence-electron chi connectivity index (χ0n) is 10.2. The van der Waals surface area contributed by atoms with Crippen LogP contribution in [0.5, 0.6) is 0 Å². The number of hydrogen-bond acceptors (Lipinski definition) is 4. The zero-order valence-corrected chi connectivity index (χ0v) is 11.0. The van der Waals surface area contributed by atoms with Crippen molar-refractivity contribution in [2.45, 2.75) is 17.0 Å². The highest BCUT2D eigenvalue weighted by Crippen LogP contribution is 2.27. The number of imidazole rings is 1. The second kappa shape index (κ2) is 5.14. The van der Waals surface area contributed by atoms with Gasteiger partial charge in [0.1, 0.15) is 0 Å². The summed E-state index contributed by atoms with van der Waals surface area (Å²) in [5.74, 6) is 0.126. The predicted octanol–water partition coefficient (Wildman–Crippen LogP) is 1.97. The summed E-state index contributed by atoms with van der Waals surface area (Å²) in [6.45, 7) is 1.93. The normalized spacial score (nSPS) is 11.8. The zero-order chi connectivity index (χ0) is 13.1. The quantitative estimate of drug-likeness (QED) is 0.384. The molecule has 1 aromatic heterocycles. The number of hydrogen-bond donors (Lipinski definition) is 2. The Kier molecular flexibility index (Phi) is 3.57. The van der Waals surface area contributed by atoms with Gasteiger partial charge in [-0.1, -0.05) is 16.9 Å². The number of nitrogens with two attached hydrogens (primary N) is 1. The Hall–Kier alpha value is -1.95. The Morgan fingerprint density at radius 1 is 1.50 bits per heavy atom. The molecule has 18 heavy (non-hydrogen) atoms. The Balaban J connectivity index is 2.27. The average Bonchev–Trinajstić information content (AvgIpc) is 2.74. The van der Waals surface area contributed by atoms with E-state index in [1.807, 2.05) is 42.9 Å². The topological polar surface area (TPSA) is 76.4 Å². The van der Waals surface area contributed by atoms with Gasteiger partial charge in [0.05, 0.1) is 0 Å². The first-order valence-corrected chi connectivity index (χ1v) is 6.17. The summed E-state index contributed by atoms with van der Waals surface area (Å²) >= 11 is 1.57. The Morgan fingerprint density at radius 2 is 2.28 bits per heavy atom. The van der Waals surface area contributed by atoms with Gasteiger partial charge in [-0.2, -0.15) is 0 Å². The summed E-state index contributed by atoms with van der Waals surface area (Å²) in [6.07, 6.45) is 3.67. The second-order valence-corrected chi connectivity index (χ2v) is 4.93. The number of aryl methyl sites for hydroxylation is 2. The van der Waals surface area contributed by atoms with E-state index in [2.05, 4.69) is 10.1 Å². The third-order valence-corrected chi connectivity index (χ3v) is 3.63. The van der Waals surface area contributed by atoms with E-state index in [0.29, 0.717) is 0 Å². The Morgan fingerprint density at radius 3 is 2.83 bits per heavy atom. The minimum atomic E-state index is 0.126. The van der Waals surface area contributed by atoms with Crippen molar-refractivity contribution in [2.75, 3.05) is 0 Å². The molecule has 3 N–H and O–H groups in total. The van der Waals surface area contributed by atoms with E-state index in [9.17, 15) is 0 Å². The fourth-order valence-corrected chi connectivity index (χ4v) is 2.50. The van der Waals surface area contributed by atoms with Gasteiger partial charge in [-0.15, -0.1) is 0 Å². The van der Waals surface area contributed by atoms with E-state index < -0.39 is 0 Å². The number of nitrogens with zero attached hydrogens (tertiary/aromatic N) is 3. The Labute approximate surface area is 109 Å². The highest BCUT2D eigenvalue weighted by Gasteiger charge is 2.07. The van der Waals surface area contributed by atoms with Gasteiger partial charge < -0.3 is 15.5 Å². The van der Waals surface area contributed by atoms with Gasteiger partial charge >= 0.3 is 0 Å². The lowest BCUT2D eigenvalue weighted by Gasteiger charge is -2.07. The fraction of sp³-hybridized carbons (Fsp3) is 0.167. The molecule has 0 fully saturated rings. The van der Waals surface area contributed by atoms with Crippen LogP contribution in [0.15, 0.2) is 45.8 Å². The maximum absolute atomic E-state index is 8.67. The van der Waals surface area contributed by atoms with E-state index >= 15 is 0 Å². The van der Waals surface area contributed by atoms with Crippen LogP contribution in [0, 0.1) is 6.92 Å². The first-order valence-electron chi connectivity index (χ1n) is 5.35. The van der Waals surface area contributed by atoms with Crippen LogP contribution in [0.2, 0.25) is 0 Å². The molecule has 0 atom stereocenters. The molecule has 0 aliphatic carbocycles. The summed E-state index contributed by atoms with van der Waals surface area (Å²) in [7, 11) is 1.95. The summed E-state index contributed by atoms with van der Waals surface area (Å²) in [5.41, 5.74) is 7.28. The Bertz CT molecular complexity index is 592. The first-order chi connectivity index (χ1) is 8.61. The van der Waals surface area contributed by atoms with Crippen molar-refractivity contribution in [1.82, 2.24) is 9.55 Å². The maximum atomic E-state index is 8.67. The van der Waals surface area contributed by atoms with Gasteiger partial charge in [0.2, 0.25) is 0 Å². The minimum absolute atomic E-state index is 0.126. The van der Waals surface area contributed by atoms with Crippen LogP contribution < -0.4 is 5.73 Å². The molecule has 0 unspecified atom stereocenters. The second-order valence-electron chi connectivity index (χ2n) is 3.88. The van der Waals surface area contributed by atoms with E-state index in [4.69, 9.17) is 10.9 Å². The van der Waals surface area contributed by atoms with E-state index in [1.165, 1.54) is 0 Å². The average molecular weight is 262 g/mol. The first kappa shape index (κ1) is 12.5. The molecule has 2 aromatic rings. The molecule has 0 bridgehead atoms. The van der Waals surface area contributed by atoms with Crippen molar-refractivity contribution in [3.8, 4) is 0 Å². The molecule has 0 spiro atoms. The molecule has 6 heteroatoms. The lowest BCUT2D eigenvalue weighted by Crippen LogP contribution is -2.14. The molecule has 1 aromatic carbocycles. The highest BCUT2D eigenvalue weighted by atomic mass is 32.2. The third kappa shape index (κ3) is 2.48. The van der Waals surface area contributed by atoms with Crippen molar-refractivity contribution in [3.05, 3.63) is 41.7 Å². The van der Waals surface area contributed by atoms with Gasteiger partial charge in [0.15, 0.2) is 11.0 Å². The smallest absolute Gasteiger partial charge is 0.172 e. The van der Waals surface area contributed by atoms with Gasteiger partial charge in [0.25, 0.3) is 0 Å². The number of oxime groups is 1. The van der Waals surface area contributed by atoms with Crippen LogP contribution in [0.4, 0.5) is 0 Å². The SMILES string of the molecule is Cc1cc(Sc2nccn2C)ccc1/C(N)=N/O. The van der Waals surface area contributed by atoms with Gasteiger partial charge in [-0.25, -0.2) is 4.98 Å². The van der Waals surface area contributed by atoms with E-state index in [0.717, 1.165) is 21.2 Å². The van der Waals surface area contributed by atoms with Crippen molar-refractivity contribution < 1.29 is 5.21 Å². The minimum Gasteiger partial charge on any atom is -0.409 e. The monoisotopic (exact) mass is 262 g/mol. The molecule has 5 nitrogen and oxygen atoms in total. The maximum Gasteiger partial charge on any atom is 0.172 e. The number of rotatable bonds is 3. The largest absolute Gasteiger partial charge is 0.409 e.